The maximum absolute atomic E-state index is 13.7. The number of amides is 2. The minimum absolute atomic E-state index is 0.00390. The zero-order chi connectivity index (χ0) is 24.9. The third-order valence-corrected chi connectivity index (χ3v) is 7.14. The van der Waals surface area contributed by atoms with Crippen molar-refractivity contribution in [3.8, 4) is 11.5 Å². The number of aliphatic hydroxyl groups excluding tert-OH is 1. The van der Waals surface area contributed by atoms with E-state index in [9.17, 15) is 14.7 Å². The van der Waals surface area contributed by atoms with E-state index in [1.165, 1.54) is 4.90 Å². The second kappa shape index (κ2) is 8.61. The van der Waals surface area contributed by atoms with Crippen molar-refractivity contribution < 1.29 is 24.2 Å². The van der Waals surface area contributed by atoms with Crippen molar-refractivity contribution in [1.82, 2.24) is 14.8 Å². The lowest BCUT2D eigenvalue weighted by Crippen LogP contribution is -2.67. The SMILES string of the molecule is COc1cc([C@H]2CN3C(=O)CN(CCO)C(=O)[C@]3(C)c3[nH]c4ccccc4c32)ccc1OC(C)C. The van der Waals surface area contributed by atoms with Crippen LogP contribution in [0.5, 0.6) is 11.5 Å². The Morgan fingerprint density at radius 3 is 2.66 bits per heavy atom. The van der Waals surface area contributed by atoms with E-state index in [2.05, 4.69) is 4.98 Å². The van der Waals surface area contributed by atoms with Gasteiger partial charge in [-0.15, -0.1) is 0 Å². The lowest BCUT2D eigenvalue weighted by Gasteiger charge is -2.51. The van der Waals surface area contributed by atoms with E-state index >= 15 is 0 Å². The molecule has 0 bridgehead atoms. The number of carbonyl (C=O) groups excluding carboxylic acids is 2. The van der Waals surface area contributed by atoms with Crippen molar-refractivity contribution in [3.05, 3.63) is 59.3 Å². The standard InChI is InChI=1S/C27H31N3O5/c1-16(2)35-21-10-9-17(13-22(21)34-4)19-14-30-23(32)15-29(11-12-31)26(33)27(30,3)25-24(19)18-7-5-6-8-20(18)28-25/h5-10,13,16,19,28,31H,11-12,14-15H2,1-4H3/t19-,27+/m1/s1. The molecule has 2 atom stereocenters. The number of aromatic amines is 1. The number of methoxy groups -OCH3 is 1. The van der Waals surface area contributed by atoms with Gasteiger partial charge < -0.3 is 29.4 Å². The second-order valence-electron chi connectivity index (χ2n) is 9.62. The maximum Gasteiger partial charge on any atom is 0.255 e. The highest BCUT2D eigenvalue weighted by atomic mass is 16.5. The predicted octanol–water partition coefficient (Wildman–Crippen LogP) is 2.99. The Morgan fingerprint density at radius 2 is 1.94 bits per heavy atom. The number of piperazine rings is 1. The number of β-amino-alcohol motifs (C(OH)–C–C–N with tert-alkyl or cyclic N) is 1. The van der Waals surface area contributed by atoms with Gasteiger partial charge in [0.15, 0.2) is 17.0 Å². The summed E-state index contributed by atoms with van der Waals surface area (Å²) in [4.78, 5) is 33.7. The van der Waals surface area contributed by atoms with Gasteiger partial charge in [-0.25, -0.2) is 0 Å². The van der Waals surface area contributed by atoms with E-state index < -0.39 is 5.54 Å². The van der Waals surface area contributed by atoms with Gasteiger partial charge in [-0.2, -0.15) is 0 Å². The molecule has 2 aromatic carbocycles. The van der Waals surface area contributed by atoms with Crippen LogP contribution in [-0.2, 0) is 15.1 Å². The van der Waals surface area contributed by atoms with Gasteiger partial charge in [-0.05, 0) is 50.1 Å². The molecule has 8 heteroatoms. The van der Waals surface area contributed by atoms with Gasteiger partial charge in [-0.3, -0.25) is 9.59 Å². The number of aliphatic hydroxyl groups is 1. The van der Waals surface area contributed by atoms with Crippen LogP contribution in [0.1, 0.15) is 43.5 Å². The molecule has 1 fully saturated rings. The molecule has 0 radical (unpaired) electrons. The molecule has 35 heavy (non-hydrogen) atoms. The van der Waals surface area contributed by atoms with Gasteiger partial charge in [0.2, 0.25) is 5.91 Å². The molecule has 0 spiro atoms. The topological polar surface area (TPSA) is 95.1 Å². The Bertz CT molecular complexity index is 1300. The minimum Gasteiger partial charge on any atom is -0.493 e. The first-order valence-corrected chi connectivity index (χ1v) is 12.0. The molecule has 2 aliphatic rings. The van der Waals surface area contributed by atoms with Crippen LogP contribution in [-0.4, -0.2) is 71.2 Å². The minimum atomic E-state index is -1.18. The van der Waals surface area contributed by atoms with E-state index in [0.29, 0.717) is 18.0 Å². The second-order valence-corrected chi connectivity index (χ2v) is 9.62. The van der Waals surface area contributed by atoms with Crippen molar-refractivity contribution in [3.63, 3.8) is 0 Å². The van der Waals surface area contributed by atoms with Crippen molar-refractivity contribution in [2.75, 3.05) is 33.4 Å². The molecule has 5 rings (SSSR count). The number of para-hydroxylation sites is 1. The van der Waals surface area contributed by atoms with Gasteiger partial charge in [0, 0.05) is 29.9 Å². The molecule has 184 valence electrons. The molecular weight excluding hydrogens is 446 g/mol. The number of nitrogens with zero attached hydrogens (tertiary/aromatic N) is 2. The first-order valence-electron chi connectivity index (χ1n) is 12.0. The molecule has 2 N–H and O–H groups in total. The fraction of sp³-hybridized carbons (Fsp3) is 0.407. The quantitative estimate of drug-likeness (QED) is 0.569. The number of H-pyrrole nitrogens is 1. The van der Waals surface area contributed by atoms with E-state index in [-0.39, 0.29) is 43.5 Å². The number of fused-ring (bicyclic) bond motifs is 5. The molecular formula is C27H31N3O5. The van der Waals surface area contributed by atoms with Gasteiger partial charge in [0.1, 0.15) is 0 Å². The monoisotopic (exact) mass is 477 g/mol. The molecule has 8 nitrogen and oxygen atoms in total. The van der Waals surface area contributed by atoms with Crippen molar-refractivity contribution in [2.24, 2.45) is 0 Å². The lowest BCUT2D eigenvalue weighted by molar-refractivity contribution is -0.166. The maximum atomic E-state index is 13.7. The molecule has 1 aromatic heterocycles. The zero-order valence-electron chi connectivity index (χ0n) is 20.5. The number of benzene rings is 2. The van der Waals surface area contributed by atoms with Gasteiger partial charge >= 0.3 is 0 Å². The van der Waals surface area contributed by atoms with Crippen molar-refractivity contribution >= 4 is 22.7 Å². The molecule has 2 amide bonds. The zero-order valence-corrected chi connectivity index (χ0v) is 20.5. The van der Waals surface area contributed by atoms with Crippen LogP contribution in [0, 0.1) is 0 Å². The fourth-order valence-electron chi connectivity index (χ4n) is 5.53. The Hall–Kier alpha value is -3.52. The molecule has 1 saturated heterocycles. The van der Waals surface area contributed by atoms with E-state index in [4.69, 9.17) is 9.47 Å². The molecule has 0 saturated carbocycles. The van der Waals surface area contributed by atoms with Gasteiger partial charge in [0.25, 0.3) is 5.91 Å². The van der Waals surface area contributed by atoms with Crippen molar-refractivity contribution in [2.45, 2.75) is 38.3 Å². The summed E-state index contributed by atoms with van der Waals surface area (Å²) in [5.41, 5.74) is 2.43. The average Bonchev–Trinajstić information content (AvgIpc) is 3.23. The van der Waals surface area contributed by atoms with Crippen LogP contribution in [0.3, 0.4) is 0 Å². The van der Waals surface area contributed by atoms with Gasteiger partial charge in [-0.1, -0.05) is 24.3 Å². The largest absolute Gasteiger partial charge is 0.493 e. The van der Waals surface area contributed by atoms with Crippen LogP contribution in [0.4, 0.5) is 0 Å². The van der Waals surface area contributed by atoms with Crippen LogP contribution < -0.4 is 9.47 Å². The normalized spacial score (nSPS) is 21.9. The lowest BCUT2D eigenvalue weighted by atomic mass is 9.76. The third-order valence-electron chi connectivity index (χ3n) is 7.14. The number of hydrogen-bond acceptors (Lipinski definition) is 5. The molecule has 0 unspecified atom stereocenters. The molecule has 3 heterocycles. The number of rotatable bonds is 6. The van der Waals surface area contributed by atoms with Crippen LogP contribution in [0.25, 0.3) is 10.9 Å². The summed E-state index contributed by atoms with van der Waals surface area (Å²) in [7, 11) is 1.62. The summed E-state index contributed by atoms with van der Waals surface area (Å²) >= 11 is 0. The Morgan fingerprint density at radius 1 is 1.17 bits per heavy atom. The average molecular weight is 478 g/mol. The number of carbonyl (C=O) groups is 2. The molecule has 3 aromatic rings. The highest BCUT2D eigenvalue weighted by Crippen LogP contribution is 2.48. The van der Waals surface area contributed by atoms with Crippen LogP contribution in [0.15, 0.2) is 42.5 Å². The Kier molecular flexibility index (Phi) is 5.71. The fourth-order valence-corrected chi connectivity index (χ4v) is 5.53. The van der Waals surface area contributed by atoms with E-state index in [1.54, 1.807) is 18.9 Å². The summed E-state index contributed by atoms with van der Waals surface area (Å²) in [6, 6.07) is 13.8. The van der Waals surface area contributed by atoms with Crippen molar-refractivity contribution in [1.29, 1.82) is 0 Å². The van der Waals surface area contributed by atoms with Crippen LogP contribution in [0.2, 0.25) is 0 Å². The first-order chi connectivity index (χ1) is 16.8. The van der Waals surface area contributed by atoms with Gasteiger partial charge in [0.05, 0.1) is 32.1 Å². The number of nitrogens with one attached hydrogen (secondary N) is 1. The number of ether oxygens (including phenoxy) is 2. The Balaban J connectivity index is 1.70. The summed E-state index contributed by atoms with van der Waals surface area (Å²) in [6.07, 6.45) is 0.00390. The summed E-state index contributed by atoms with van der Waals surface area (Å²) in [5, 5.41) is 10.5. The third kappa shape index (κ3) is 3.55. The highest BCUT2D eigenvalue weighted by Gasteiger charge is 2.56. The van der Waals surface area contributed by atoms with E-state index in [1.807, 2.05) is 56.3 Å². The first kappa shape index (κ1) is 23.2. The Labute approximate surface area is 204 Å². The summed E-state index contributed by atoms with van der Waals surface area (Å²) < 4.78 is 11.5. The summed E-state index contributed by atoms with van der Waals surface area (Å²) in [5.74, 6) is 0.797. The van der Waals surface area contributed by atoms with Crippen LogP contribution >= 0.6 is 0 Å². The number of aromatic nitrogens is 1. The number of hydrogen-bond donors (Lipinski definition) is 2. The molecule has 2 aliphatic heterocycles. The molecule has 0 aliphatic carbocycles. The smallest absolute Gasteiger partial charge is 0.255 e. The highest BCUT2D eigenvalue weighted by molar-refractivity contribution is 6.01. The summed E-state index contributed by atoms with van der Waals surface area (Å²) in [6.45, 7) is 5.99. The predicted molar refractivity (Wildman–Crippen MR) is 132 cm³/mol. The van der Waals surface area contributed by atoms with E-state index in [0.717, 1.165) is 27.7 Å².